The first-order valence-corrected chi connectivity index (χ1v) is 5.54. The Morgan fingerprint density at radius 3 is 1.43 bits per heavy atom. The molecule has 0 bridgehead atoms. The fourth-order valence-electron chi connectivity index (χ4n) is 1.85. The lowest BCUT2D eigenvalue weighted by Gasteiger charge is -2.16. The highest BCUT2D eigenvalue weighted by molar-refractivity contribution is 5.73. The van der Waals surface area contributed by atoms with Crippen LogP contribution in [0.15, 0.2) is 4.79 Å². The molecule has 0 saturated heterocycles. The standard InChI is InChI=1S/C10H10N2O11/c13-2-1(3(14)5(16)6(17)4(2)15)11-9(19)7(18)8(12(11)23)10(20,21)22/h13-18,20-23H. The summed E-state index contributed by atoms with van der Waals surface area (Å²) < 4.78 is -0.244. The molecule has 0 amide bonds. The maximum atomic E-state index is 11.8. The van der Waals surface area contributed by atoms with Crippen molar-refractivity contribution in [1.82, 2.24) is 9.53 Å². The second-order valence-corrected chi connectivity index (χ2v) is 4.33. The monoisotopic (exact) mass is 334 g/mol. The molecule has 0 aliphatic carbocycles. The predicted molar refractivity (Wildman–Crippen MR) is 65.5 cm³/mol. The maximum absolute atomic E-state index is 11.8. The number of benzene rings is 1. The van der Waals surface area contributed by atoms with E-state index in [-0.39, 0.29) is 4.68 Å². The lowest BCUT2D eigenvalue weighted by molar-refractivity contribution is -0.331. The summed E-state index contributed by atoms with van der Waals surface area (Å²) in [5, 5.41) is 93.4. The van der Waals surface area contributed by atoms with E-state index in [9.17, 15) is 40.6 Å². The van der Waals surface area contributed by atoms with Crippen molar-refractivity contribution in [3.8, 4) is 40.2 Å². The summed E-state index contributed by atoms with van der Waals surface area (Å²) in [6, 6.07) is 0. The largest absolute Gasteiger partial charge is 0.503 e. The quantitative estimate of drug-likeness (QED) is 0.117. The first kappa shape index (κ1) is 16.1. The highest BCUT2D eigenvalue weighted by Crippen LogP contribution is 2.52. The van der Waals surface area contributed by atoms with Gasteiger partial charge in [-0.2, -0.15) is 4.68 Å². The van der Waals surface area contributed by atoms with Gasteiger partial charge in [0.1, 0.15) is 0 Å². The number of rotatable bonds is 2. The molecule has 1 heterocycles. The van der Waals surface area contributed by atoms with Gasteiger partial charge < -0.3 is 51.2 Å². The normalized spacial score (nSPS) is 11.8. The average Bonchev–Trinajstić information content (AvgIpc) is 2.66. The van der Waals surface area contributed by atoms with Crippen LogP contribution in [-0.4, -0.2) is 60.7 Å². The fraction of sp³-hybridized carbons (Fsp3) is 0.100. The molecule has 0 fully saturated rings. The van der Waals surface area contributed by atoms with Crippen LogP contribution in [0.4, 0.5) is 0 Å². The van der Waals surface area contributed by atoms with Crippen LogP contribution in [-0.2, 0) is 5.97 Å². The number of nitrogens with zero attached hydrogens (tertiary/aromatic N) is 2. The van der Waals surface area contributed by atoms with Crippen LogP contribution in [0.5, 0.6) is 34.5 Å². The van der Waals surface area contributed by atoms with E-state index in [0.717, 1.165) is 0 Å². The number of aromatic hydroxyl groups is 6. The lowest BCUT2D eigenvalue weighted by Crippen LogP contribution is -2.29. The van der Waals surface area contributed by atoms with Crippen molar-refractivity contribution in [2.45, 2.75) is 5.97 Å². The van der Waals surface area contributed by atoms with Crippen LogP contribution in [0.3, 0.4) is 0 Å². The van der Waals surface area contributed by atoms with Gasteiger partial charge in [-0.3, -0.25) is 4.79 Å². The van der Waals surface area contributed by atoms with Crippen molar-refractivity contribution in [2.24, 2.45) is 0 Å². The summed E-state index contributed by atoms with van der Waals surface area (Å²) in [5.41, 5.74) is -4.54. The Morgan fingerprint density at radius 1 is 0.696 bits per heavy atom. The zero-order valence-electron chi connectivity index (χ0n) is 10.8. The van der Waals surface area contributed by atoms with Gasteiger partial charge in [0.05, 0.1) is 0 Å². The highest BCUT2D eigenvalue weighted by Gasteiger charge is 2.38. The molecule has 10 N–H and O–H groups in total. The van der Waals surface area contributed by atoms with E-state index in [4.69, 9.17) is 15.3 Å². The number of hydrogen-bond donors (Lipinski definition) is 10. The molecule has 0 unspecified atom stereocenters. The van der Waals surface area contributed by atoms with E-state index in [1.54, 1.807) is 0 Å². The van der Waals surface area contributed by atoms with Crippen LogP contribution in [0.2, 0.25) is 0 Å². The molecule has 13 nitrogen and oxygen atoms in total. The SMILES string of the molecule is O=c1c(O)c(C(O)(O)O)n(O)n1-c1c(O)c(O)c(O)c(O)c1O. The van der Waals surface area contributed by atoms with Gasteiger partial charge in [-0.1, -0.05) is 0 Å². The first-order valence-electron chi connectivity index (χ1n) is 5.54. The predicted octanol–water partition coefficient (Wildman–Crippen LogP) is -2.80. The Balaban J connectivity index is 2.99. The average molecular weight is 334 g/mol. The second kappa shape index (κ2) is 4.60. The highest BCUT2D eigenvalue weighted by atomic mass is 16.7. The van der Waals surface area contributed by atoms with E-state index in [1.807, 2.05) is 0 Å². The number of aliphatic hydroxyl groups is 3. The van der Waals surface area contributed by atoms with Gasteiger partial charge in [0, 0.05) is 0 Å². The molecule has 2 aromatic rings. The number of hydrogen-bond acceptors (Lipinski definition) is 11. The van der Waals surface area contributed by atoms with Crippen molar-refractivity contribution in [1.29, 1.82) is 0 Å². The van der Waals surface area contributed by atoms with Crippen LogP contribution in [0.25, 0.3) is 5.69 Å². The smallest absolute Gasteiger partial charge is 0.329 e. The van der Waals surface area contributed by atoms with Gasteiger partial charge in [-0.15, -0.1) is 4.85 Å². The van der Waals surface area contributed by atoms with E-state index >= 15 is 0 Å². The van der Waals surface area contributed by atoms with E-state index in [0.29, 0.717) is 0 Å². The van der Waals surface area contributed by atoms with Gasteiger partial charge in [0.15, 0.2) is 17.2 Å². The van der Waals surface area contributed by atoms with Crippen LogP contribution in [0, 0.1) is 0 Å². The molecule has 23 heavy (non-hydrogen) atoms. The van der Waals surface area contributed by atoms with Crippen LogP contribution >= 0.6 is 0 Å². The minimum Gasteiger partial charge on any atom is -0.503 e. The lowest BCUT2D eigenvalue weighted by atomic mass is 10.2. The Morgan fingerprint density at radius 2 is 1.09 bits per heavy atom. The molecule has 1 aromatic carbocycles. The Bertz CT molecular complexity index is 828. The second-order valence-electron chi connectivity index (χ2n) is 4.33. The number of phenols is 5. The minimum atomic E-state index is -3.91. The van der Waals surface area contributed by atoms with Gasteiger partial charge in [0.25, 0.3) is 0 Å². The third kappa shape index (κ3) is 2.03. The topological polar surface area (TPSA) is 229 Å². The molecule has 0 atom stereocenters. The summed E-state index contributed by atoms with van der Waals surface area (Å²) >= 11 is 0. The molecule has 0 aliphatic heterocycles. The summed E-state index contributed by atoms with van der Waals surface area (Å²) in [4.78, 5) is 11.2. The zero-order chi connectivity index (χ0) is 17.9. The molecule has 0 radical (unpaired) electrons. The first-order chi connectivity index (χ1) is 10.4. The van der Waals surface area contributed by atoms with Crippen LogP contribution < -0.4 is 5.56 Å². The van der Waals surface area contributed by atoms with Gasteiger partial charge in [-0.05, 0) is 0 Å². The van der Waals surface area contributed by atoms with E-state index in [1.165, 1.54) is 0 Å². The maximum Gasteiger partial charge on any atom is 0.329 e. The molecule has 126 valence electrons. The molecule has 2 rings (SSSR count). The minimum absolute atomic E-state index is 0.244. The molecule has 0 spiro atoms. The third-order valence-electron chi connectivity index (χ3n) is 2.88. The van der Waals surface area contributed by atoms with E-state index < -0.39 is 62.3 Å². The van der Waals surface area contributed by atoms with E-state index in [2.05, 4.69) is 0 Å². The van der Waals surface area contributed by atoms with Crippen molar-refractivity contribution >= 4 is 0 Å². The van der Waals surface area contributed by atoms with Gasteiger partial charge in [0.2, 0.25) is 28.7 Å². The Labute approximate surface area is 124 Å². The summed E-state index contributed by atoms with van der Waals surface area (Å²) in [6.07, 6.45) is 0. The van der Waals surface area contributed by atoms with Crippen molar-refractivity contribution < 1.29 is 51.2 Å². The molecule has 0 saturated carbocycles. The number of aromatic nitrogens is 2. The molecule has 0 aliphatic rings. The number of phenolic OH excluding ortho intramolecular Hbond substituents is 5. The Kier molecular flexibility index (Phi) is 3.22. The summed E-state index contributed by atoms with van der Waals surface area (Å²) in [5.74, 6) is -12.6. The van der Waals surface area contributed by atoms with Crippen molar-refractivity contribution in [3.63, 3.8) is 0 Å². The molecule has 1 aromatic heterocycles. The zero-order valence-corrected chi connectivity index (χ0v) is 10.8. The van der Waals surface area contributed by atoms with Gasteiger partial charge >= 0.3 is 11.5 Å². The summed E-state index contributed by atoms with van der Waals surface area (Å²) in [7, 11) is 0. The van der Waals surface area contributed by atoms with Crippen molar-refractivity contribution in [2.75, 3.05) is 0 Å². The van der Waals surface area contributed by atoms with Crippen molar-refractivity contribution in [3.05, 3.63) is 16.0 Å². The Hall–Kier alpha value is -3.29. The molecule has 13 heteroatoms. The van der Waals surface area contributed by atoms with Crippen LogP contribution in [0.1, 0.15) is 5.69 Å². The third-order valence-corrected chi connectivity index (χ3v) is 2.88. The summed E-state index contributed by atoms with van der Waals surface area (Å²) in [6.45, 7) is 0. The molecular weight excluding hydrogens is 324 g/mol. The van der Waals surface area contributed by atoms with Gasteiger partial charge in [-0.25, -0.2) is 0 Å². The molecular formula is C10H10N2O11. The fourth-order valence-corrected chi connectivity index (χ4v) is 1.85.